The first-order valence-electron chi connectivity index (χ1n) is 9.82. The molecule has 6 heteroatoms. The summed E-state index contributed by atoms with van der Waals surface area (Å²) in [6.45, 7) is 0.877. The van der Waals surface area contributed by atoms with E-state index < -0.39 is 5.92 Å². The third kappa shape index (κ3) is 4.01. The molecule has 1 aromatic carbocycles. The van der Waals surface area contributed by atoms with Crippen molar-refractivity contribution in [2.75, 3.05) is 0 Å². The summed E-state index contributed by atoms with van der Waals surface area (Å²) in [6.07, 6.45) is 3.95. The summed E-state index contributed by atoms with van der Waals surface area (Å²) < 4.78 is 27.1. The Hall–Kier alpha value is -2.50. The van der Waals surface area contributed by atoms with Crippen molar-refractivity contribution in [3.05, 3.63) is 69.1 Å². The minimum Gasteiger partial charge on any atom is -0.353 e. The summed E-state index contributed by atoms with van der Waals surface area (Å²) in [5.74, 6) is -2.68. The maximum absolute atomic E-state index is 13.6. The highest BCUT2D eigenvalue weighted by Crippen LogP contribution is 2.39. The molecule has 1 aromatic heterocycles. The van der Waals surface area contributed by atoms with Gasteiger partial charge >= 0.3 is 0 Å². The van der Waals surface area contributed by atoms with Crippen LogP contribution in [-0.2, 0) is 10.7 Å². The summed E-state index contributed by atoms with van der Waals surface area (Å²) in [7, 11) is 0. The quantitative estimate of drug-likeness (QED) is 0.783. The molecule has 0 spiro atoms. The van der Waals surface area contributed by atoms with Gasteiger partial charge in [-0.1, -0.05) is 30.3 Å². The van der Waals surface area contributed by atoms with Gasteiger partial charge in [0.2, 0.25) is 5.91 Å². The number of aromatic nitrogens is 1. The van der Waals surface area contributed by atoms with Crippen LogP contribution in [0.25, 0.3) is 0 Å². The highest BCUT2D eigenvalue weighted by Gasteiger charge is 2.30. The van der Waals surface area contributed by atoms with Crippen LogP contribution in [0.5, 0.6) is 0 Å². The molecular weight excluding hydrogens is 362 g/mol. The largest absolute Gasteiger partial charge is 0.353 e. The van der Waals surface area contributed by atoms with Crippen molar-refractivity contribution in [3.8, 4) is 0 Å². The molecule has 2 aliphatic rings. The number of halogens is 2. The molecule has 2 fully saturated rings. The monoisotopic (exact) mass is 386 g/mol. The van der Waals surface area contributed by atoms with E-state index in [1.54, 1.807) is 12.1 Å². The van der Waals surface area contributed by atoms with Crippen molar-refractivity contribution >= 4 is 5.91 Å². The van der Waals surface area contributed by atoms with Crippen LogP contribution in [0.4, 0.5) is 8.78 Å². The Balaban J connectivity index is 1.66. The number of amides is 1. The molecule has 1 unspecified atom stereocenters. The zero-order chi connectivity index (χ0) is 19.9. The SMILES string of the molecule is CC(F)(F)c1ccc([C@@H](CC2CCC(=O)N2)c2ccc(C3CC3)c(=O)[nH]2)cc1. The number of hydrogen-bond acceptors (Lipinski definition) is 2. The molecule has 28 heavy (non-hydrogen) atoms. The lowest BCUT2D eigenvalue weighted by Crippen LogP contribution is -2.28. The maximum atomic E-state index is 13.6. The molecular formula is C22H24F2N2O2. The summed E-state index contributed by atoms with van der Waals surface area (Å²) >= 11 is 0. The first-order chi connectivity index (χ1) is 13.3. The molecule has 1 aliphatic heterocycles. The molecule has 4 rings (SSSR count). The van der Waals surface area contributed by atoms with Crippen LogP contribution < -0.4 is 10.9 Å². The fourth-order valence-corrected chi connectivity index (χ4v) is 4.01. The molecule has 1 aliphatic carbocycles. The van der Waals surface area contributed by atoms with Crippen LogP contribution in [0.3, 0.4) is 0 Å². The van der Waals surface area contributed by atoms with Gasteiger partial charge in [-0.25, -0.2) is 8.78 Å². The number of benzene rings is 1. The van der Waals surface area contributed by atoms with Crippen molar-refractivity contribution < 1.29 is 13.6 Å². The molecule has 2 heterocycles. The van der Waals surface area contributed by atoms with E-state index in [4.69, 9.17) is 0 Å². The molecule has 1 saturated carbocycles. The first kappa shape index (κ1) is 18.8. The second kappa shape index (κ2) is 7.15. The zero-order valence-corrected chi connectivity index (χ0v) is 15.8. The van der Waals surface area contributed by atoms with Crippen LogP contribution >= 0.6 is 0 Å². The lowest BCUT2D eigenvalue weighted by Gasteiger charge is -2.22. The fraction of sp³-hybridized carbons (Fsp3) is 0.455. The topological polar surface area (TPSA) is 62.0 Å². The van der Waals surface area contributed by atoms with E-state index in [1.807, 2.05) is 12.1 Å². The van der Waals surface area contributed by atoms with Gasteiger partial charge in [0.25, 0.3) is 11.5 Å². The second-order valence-corrected chi connectivity index (χ2v) is 8.07. The van der Waals surface area contributed by atoms with Gasteiger partial charge in [-0.2, -0.15) is 0 Å². The molecule has 148 valence electrons. The number of pyridine rings is 1. The third-order valence-corrected chi connectivity index (χ3v) is 5.78. The Labute approximate surface area is 162 Å². The van der Waals surface area contributed by atoms with Gasteiger partial charge in [-0.3, -0.25) is 9.59 Å². The van der Waals surface area contributed by atoms with Crippen LogP contribution in [-0.4, -0.2) is 16.9 Å². The van der Waals surface area contributed by atoms with Gasteiger partial charge in [0.15, 0.2) is 0 Å². The molecule has 1 saturated heterocycles. The molecule has 2 N–H and O–H groups in total. The smallest absolute Gasteiger partial charge is 0.270 e. The number of carbonyl (C=O) groups is 1. The molecule has 4 nitrogen and oxygen atoms in total. The van der Waals surface area contributed by atoms with E-state index in [0.717, 1.165) is 43.0 Å². The van der Waals surface area contributed by atoms with E-state index in [9.17, 15) is 18.4 Å². The number of rotatable bonds is 6. The van der Waals surface area contributed by atoms with Crippen LogP contribution in [0.2, 0.25) is 0 Å². The van der Waals surface area contributed by atoms with E-state index in [0.29, 0.717) is 18.8 Å². The van der Waals surface area contributed by atoms with E-state index in [-0.39, 0.29) is 29.0 Å². The Morgan fingerprint density at radius 2 is 1.79 bits per heavy atom. The van der Waals surface area contributed by atoms with Gasteiger partial charge < -0.3 is 10.3 Å². The summed E-state index contributed by atoms with van der Waals surface area (Å²) in [6, 6.07) is 10.1. The maximum Gasteiger partial charge on any atom is 0.270 e. The number of carbonyl (C=O) groups excluding carboxylic acids is 1. The highest BCUT2D eigenvalue weighted by atomic mass is 19.3. The molecule has 1 amide bonds. The molecule has 0 radical (unpaired) electrons. The summed E-state index contributed by atoms with van der Waals surface area (Å²) in [5, 5.41) is 2.96. The minimum absolute atomic E-state index is 0.0106. The number of aromatic amines is 1. The second-order valence-electron chi connectivity index (χ2n) is 8.07. The summed E-state index contributed by atoms with van der Waals surface area (Å²) in [5.41, 5.74) is 2.31. The number of H-pyrrole nitrogens is 1. The number of nitrogens with one attached hydrogen (secondary N) is 2. The average molecular weight is 386 g/mol. The Morgan fingerprint density at radius 1 is 1.07 bits per heavy atom. The van der Waals surface area contributed by atoms with Crippen molar-refractivity contribution in [1.29, 1.82) is 0 Å². The summed E-state index contributed by atoms with van der Waals surface area (Å²) in [4.78, 5) is 27.1. The average Bonchev–Trinajstić information content (AvgIpc) is 3.40. The number of alkyl halides is 2. The van der Waals surface area contributed by atoms with E-state index >= 15 is 0 Å². The number of hydrogen-bond donors (Lipinski definition) is 2. The van der Waals surface area contributed by atoms with Gasteiger partial charge in [0.1, 0.15) is 0 Å². The van der Waals surface area contributed by atoms with Crippen LogP contribution in [0.1, 0.15) is 73.2 Å². The van der Waals surface area contributed by atoms with Crippen molar-refractivity contribution in [2.45, 2.75) is 62.8 Å². The standard InChI is InChI=1S/C22H24F2N2O2/c1-22(23,24)15-6-4-14(5-7-15)18(12-16-8-11-20(27)25-16)19-10-9-17(13-2-3-13)21(28)26-19/h4-7,9-10,13,16,18H,2-3,8,11-12H2,1H3,(H,25,27)(H,26,28)/t16?,18-/m1/s1. The highest BCUT2D eigenvalue weighted by molar-refractivity contribution is 5.78. The first-order valence-corrected chi connectivity index (χ1v) is 9.82. The van der Waals surface area contributed by atoms with Gasteiger partial charge in [-0.15, -0.1) is 0 Å². The Kier molecular flexibility index (Phi) is 4.81. The van der Waals surface area contributed by atoms with E-state index in [1.165, 1.54) is 12.1 Å². The minimum atomic E-state index is -2.90. The molecule has 0 bridgehead atoms. The van der Waals surface area contributed by atoms with Gasteiger partial charge in [0, 0.05) is 42.1 Å². The van der Waals surface area contributed by atoms with Crippen molar-refractivity contribution in [1.82, 2.24) is 10.3 Å². The Bertz CT molecular complexity index is 927. The molecule has 2 aromatic rings. The Morgan fingerprint density at radius 3 is 2.32 bits per heavy atom. The molecule has 2 atom stereocenters. The van der Waals surface area contributed by atoms with Crippen LogP contribution in [0.15, 0.2) is 41.2 Å². The van der Waals surface area contributed by atoms with Gasteiger partial charge in [-0.05, 0) is 43.2 Å². The van der Waals surface area contributed by atoms with E-state index in [2.05, 4.69) is 10.3 Å². The lowest BCUT2D eigenvalue weighted by atomic mass is 9.87. The lowest BCUT2D eigenvalue weighted by molar-refractivity contribution is -0.119. The van der Waals surface area contributed by atoms with Crippen molar-refractivity contribution in [2.24, 2.45) is 0 Å². The van der Waals surface area contributed by atoms with Gasteiger partial charge in [0.05, 0.1) is 0 Å². The predicted octanol–water partition coefficient (Wildman–Crippen LogP) is 4.16. The van der Waals surface area contributed by atoms with Crippen molar-refractivity contribution in [3.63, 3.8) is 0 Å². The zero-order valence-electron chi connectivity index (χ0n) is 15.8. The fourth-order valence-electron chi connectivity index (χ4n) is 4.01. The predicted molar refractivity (Wildman–Crippen MR) is 103 cm³/mol. The van der Waals surface area contributed by atoms with Crippen LogP contribution in [0, 0.1) is 0 Å². The normalized spacial score (nSPS) is 20.8. The third-order valence-electron chi connectivity index (χ3n) is 5.78.